The highest BCUT2D eigenvalue weighted by Crippen LogP contribution is 2.09. The van der Waals surface area contributed by atoms with Crippen LogP contribution in [0.2, 0.25) is 0 Å². The van der Waals surface area contributed by atoms with E-state index in [1.807, 2.05) is 0 Å². The van der Waals surface area contributed by atoms with Gasteiger partial charge in [-0.3, -0.25) is 0 Å². The highest BCUT2D eigenvalue weighted by Gasteiger charge is 1.93. The van der Waals surface area contributed by atoms with Crippen LogP contribution in [0.4, 0.5) is 0 Å². The van der Waals surface area contributed by atoms with Crippen LogP contribution in [0.25, 0.3) is 6.08 Å². The summed E-state index contributed by atoms with van der Waals surface area (Å²) in [6, 6.07) is 19.1. The molecule has 0 aliphatic heterocycles. The van der Waals surface area contributed by atoms with Gasteiger partial charge >= 0.3 is 0 Å². The van der Waals surface area contributed by atoms with Crippen LogP contribution in [-0.4, -0.2) is 0 Å². The molecule has 0 saturated heterocycles. The minimum absolute atomic E-state index is 1.06. The van der Waals surface area contributed by atoms with Crippen LogP contribution in [0.3, 0.4) is 0 Å². The average Bonchev–Trinajstić information content (AvgIpc) is 2.45. The molecule has 0 atom stereocenters. The van der Waals surface area contributed by atoms with Gasteiger partial charge in [-0.05, 0) is 49.5 Å². The number of benzene rings is 2. The molecule has 0 fully saturated rings. The molecule has 0 amide bonds. The molecule has 0 N–H and O–H groups in total. The maximum atomic E-state index is 3.38. The summed E-state index contributed by atoms with van der Waals surface area (Å²) in [5.41, 5.74) is 8.57. The number of rotatable bonds is 4. The number of hydrogen-bond donors (Lipinski definition) is 0. The van der Waals surface area contributed by atoms with Gasteiger partial charge in [0, 0.05) is 0 Å². The largest absolute Gasteiger partial charge is 0.121 e. The highest BCUT2D eigenvalue weighted by atomic mass is 14.0. The predicted octanol–water partition coefficient (Wildman–Crippen LogP) is 5.19. The SMILES string of the molecule is CC(=C=Cc1ccc(C)cc1)CCc1ccccc1. The Morgan fingerprint density at radius 2 is 1.68 bits per heavy atom. The Hall–Kier alpha value is -2.04. The van der Waals surface area contributed by atoms with Gasteiger partial charge in [-0.25, -0.2) is 0 Å². The third kappa shape index (κ3) is 4.62. The Bertz CT molecular complexity index is 567. The van der Waals surface area contributed by atoms with Gasteiger partial charge in [0.15, 0.2) is 0 Å². The Morgan fingerprint density at radius 3 is 2.37 bits per heavy atom. The van der Waals surface area contributed by atoms with E-state index in [-0.39, 0.29) is 0 Å². The molecule has 0 aliphatic carbocycles. The molecule has 2 rings (SSSR count). The van der Waals surface area contributed by atoms with E-state index >= 15 is 0 Å². The van der Waals surface area contributed by atoms with Crippen LogP contribution in [0.15, 0.2) is 65.9 Å². The summed E-state index contributed by atoms with van der Waals surface area (Å²) < 4.78 is 0. The zero-order valence-corrected chi connectivity index (χ0v) is 11.7. The normalized spacial score (nSPS) is 9.79. The van der Waals surface area contributed by atoms with Crippen LogP contribution in [0, 0.1) is 6.92 Å². The lowest BCUT2D eigenvalue weighted by molar-refractivity contribution is 0.944. The van der Waals surface area contributed by atoms with Gasteiger partial charge in [0.25, 0.3) is 0 Å². The van der Waals surface area contributed by atoms with Crippen molar-refractivity contribution < 1.29 is 0 Å². The molecule has 0 spiro atoms. The smallest absolute Gasteiger partial charge is 0.0128 e. The van der Waals surface area contributed by atoms with Crippen LogP contribution >= 0.6 is 0 Å². The lowest BCUT2D eigenvalue weighted by Crippen LogP contribution is -1.84. The van der Waals surface area contributed by atoms with Gasteiger partial charge in [0.2, 0.25) is 0 Å². The van der Waals surface area contributed by atoms with E-state index in [1.54, 1.807) is 0 Å². The van der Waals surface area contributed by atoms with Crippen molar-refractivity contribution >= 4 is 6.08 Å². The molecule has 19 heavy (non-hydrogen) atoms. The van der Waals surface area contributed by atoms with Crippen molar-refractivity contribution in [2.45, 2.75) is 26.7 Å². The fraction of sp³-hybridized carbons (Fsp3) is 0.211. The highest BCUT2D eigenvalue weighted by molar-refractivity contribution is 5.49. The first-order chi connectivity index (χ1) is 9.24. The zero-order valence-electron chi connectivity index (χ0n) is 11.7. The summed E-state index contributed by atoms with van der Waals surface area (Å²) in [6.45, 7) is 4.25. The Kier molecular flexibility index (Phi) is 4.78. The van der Waals surface area contributed by atoms with E-state index < -0.39 is 0 Å². The first-order valence-corrected chi connectivity index (χ1v) is 6.77. The topological polar surface area (TPSA) is 0 Å². The van der Waals surface area contributed by atoms with E-state index in [4.69, 9.17) is 0 Å². The van der Waals surface area contributed by atoms with Crippen molar-refractivity contribution in [3.8, 4) is 0 Å². The van der Waals surface area contributed by atoms with Gasteiger partial charge in [0.05, 0.1) is 0 Å². The summed E-state index contributed by atoms with van der Waals surface area (Å²) in [4.78, 5) is 0. The molecule has 0 radical (unpaired) electrons. The fourth-order valence-corrected chi connectivity index (χ4v) is 1.92. The van der Waals surface area contributed by atoms with Gasteiger partial charge < -0.3 is 0 Å². The predicted molar refractivity (Wildman–Crippen MR) is 83.1 cm³/mol. The molecule has 0 aromatic heterocycles. The maximum Gasteiger partial charge on any atom is -0.0128 e. The van der Waals surface area contributed by atoms with Crippen molar-refractivity contribution in [3.63, 3.8) is 0 Å². The monoisotopic (exact) mass is 248 g/mol. The third-order valence-corrected chi connectivity index (χ3v) is 3.19. The lowest BCUT2D eigenvalue weighted by atomic mass is 10.1. The minimum Gasteiger partial charge on any atom is -0.121 e. The first-order valence-electron chi connectivity index (χ1n) is 6.77. The first kappa shape index (κ1) is 13.4. The van der Waals surface area contributed by atoms with E-state index in [9.17, 15) is 0 Å². The molecular weight excluding hydrogens is 228 g/mol. The minimum atomic E-state index is 1.06. The van der Waals surface area contributed by atoms with Crippen LogP contribution in [0.5, 0.6) is 0 Å². The number of aryl methyl sites for hydroxylation is 2. The number of hydrogen-bond acceptors (Lipinski definition) is 0. The van der Waals surface area contributed by atoms with Crippen molar-refractivity contribution in [1.82, 2.24) is 0 Å². The van der Waals surface area contributed by atoms with Gasteiger partial charge in [-0.15, -0.1) is 5.73 Å². The summed E-state index contributed by atoms with van der Waals surface area (Å²) >= 11 is 0. The number of allylic oxidation sites excluding steroid dienone is 1. The standard InChI is InChI=1S/C19H20/c1-16(8-12-18-6-4-3-5-7-18)9-13-19-14-10-17(2)11-15-19/h3-7,10-11,13-15H,8,12H2,1-2H3. The summed E-state index contributed by atoms with van der Waals surface area (Å²) in [6.07, 6.45) is 4.22. The van der Waals surface area contributed by atoms with Crippen molar-refractivity contribution in [2.75, 3.05) is 0 Å². The molecule has 0 heterocycles. The zero-order chi connectivity index (χ0) is 13.5. The molecule has 2 aromatic rings. The van der Waals surface area contributed by atoms with Crippen LogP contribution < -0.4 is 0 Å². The van der Waals surface area contributed by atoms with Gasteiger partial charge in [-0.1, -0.05) is 60.2 Å². The second-order valence-corrected chi connectivity index (χ2v) is 4.97. The van der Waals surface area contributed by atoms with Crippen molar-refractivity contribution in [1.29, 1.82) is 0 Å². The molecular formula is C19H20. The second kappa shape index (κ2) is 6.78. The third-order valence-electron chi connectivity index (χ3n) is 3.19. The molecule has 0 unspecified atom stereocenters. The van der Waals surface area contributed by atoms with Gasteiger partial charge in [0.1, 0.15) is 0 Å². The fourth-order valence-electron chi connectivity index (χ4n) is 1.92. The van der Waals surface area contributed by atoms with Crippen molar-refractivity contribution in [3.05, 3.63) is 82.6 Å². The second-order valence-electron chi connectivity index (χ2n) is 4.97. The summed E-state index contributed by atoms with van der Waals surface area (Å²) in [5, 5.41) is 0. The molecule has 0 saturated carbocycles. The van der Waals surface area contributed by atoms with E-state index in [2.05, 4.69) is 80.3 Å². The lowest BCUT2D eigenvalue weighted by Gasteiger charge is -1.99. The molecule has 0 nitrogen and oxygen atoms in total. The molecule has 0 aliphatic rings. The molecule has 96 valence electrons. The molecule has 0 bridgehead atoms. The van der Waals surface area contributed by atoms with Crippen LogP contribution in [0.1, 0.15) is 30.0 Å². The Labute approximate surface area is 116 Å². The Morgan fingerprint density at radius 1 is 1.00 bits per heavy atom. The molecule has 2 aromatic carbocycles. The summed E-state index contributed by atoms with van der Waals surface area (Å²) in [5.74, 6) is 0. The van der Waals surface area contributed by atoms with E-state index in [1.165, 1.54) is 22.3 Å². The molecule has 0 heteroatoms. The maximum absolute atomic E-state index is 3.38. The Balaban J connectivity index is 1.97. The van der Waals surface area contributed by atoms with E-state index in [0.29, 0.717) is 0 Å². The quantitative estimate of drug-likeness (QED) is 0.653. The van der Waals surface area contributed by atoms with Crippen molar-refractivity contribution in [2.24, 2.45) is 0 Å². The van der Waals surface area contributed by atoms with Crippen LogP contribution in [-0.2, 0) is 6.42 Å². The van der Waals surface area contributed by atoms with Gasteiger partial charge in [-0.2, -0.15) is 0 Å². The average molecular weight is 248 g/mol. The van der Waals surface area contributed by atoms with E-state index in [0.717, 1.165) is 12.8 Å². The summed E-state index contributed by atoms with van der Waals surface area (Å²) in [7, 11) is 0.